The van der Waals surface area contributed by atoms with Gasteiger partial charge in [0, 0.05) is 69.1 Å². The molecule has 27 heavy (non-hydrogen) atoms. The molecule has 2 amide bonds. The number of carbonyl (C=O) groups excluding carboxylic acids is 2. The molecule has 0 aliphatic carbocycles. The summed E-state index contributed by atoms with van der Waals surface area (Å²) in [6.07, 6.45) is 1.80. The Morgan fingerprint density at radius 2 is 2.04 bits per heavy atom. The summed E-state index contributed by atoms with van der Waals surface area (Å²) in [6, 6.07) is 0. The fourth-order valence-electron chi connectivity index (χ4n) is 3.72. The molecule has 2 aromatic rings. The second-order valence-corrected chi connectivity index (χ2v) is 7.56. The van der Waals surface area contributed by atoms with Crippen molar-refractivity contribution < 1.29 is 14.3 Å². The van der Waals surface area contributed by atoms with Crippen LogP contribution in [0.5, 0.6) is 0 Å². The molecule has 144 valence electrons. The van der Waals surface area contributed by atoms with Crippen molar-refractivity contribution in [3.8, 4) is 0 Å². The van der Waals surface area contributed by atoms with Crippen molar-refractivity contribution in [3.63, 3.8) is 0 Å². The van der Waals surface area contributed by atoms with Crippen molar-refractivity contribution in [2.45, 2.75) is 25.8 Å². The predicted molar refractivity (Wildman–Crippen MR) is 99.5 cm³/mol. The van der Waals surface area contributed by atoms with Crippen molar-refractivity contribution in [1.82, 2.24) is 24.6 Å². The van der Waals surface area contributed by atoms with Crippen molar-refractivity contribution in [2.24, 2.45) is 7.05 Å². The zero-order valence-electron chi connectivity index (χ0n) is 15.4. The van der Waals surface area contributed by atoms with Gasteiger partial charge in [-0.05, 0) is 0 Å². The van der Waals surface area contributed by atoms with Crippen LogP contribution in [0.25, 0.3) is 0 Å². The van der Waals surface area contributed by atoms with Crippen molar-refractivity contribution >= 4 is 23.2 Å². The Morgan fingerprint density at radius 3 is 2.78 bits per heavy atom. The monoisotopic (exact) mass is 389 g/mol. The second kappa shape index (κ2) is 7.77. The number of rotatable bonds is 4. The molecular formula is C18H23N5O3S. The first-order valence-electron chi connectivity index (χ1n) is 9.20. The number of nitrogens with zero attached hydrogens (tertiary/aromatic N) is 5. The summed E-state index contributed by atoms with van der Waals surface area (Å²) in [6.45, 7) is 3.73. The minimum atomic E-state index is -0.0407. The van der Waals surface area contributed by atoms with Gasteiger partial charge in [0.05, 0.1) is 24.4 Å². The first-order valence-corrected chi connectivity index (χ1v) is 10.1. The van der Waals surface area contributed by atoms with E-state index < -0.39 is 0 Å². The minimum absolute atomic E-state index is 0.0407. The minimum Gasteiger partial charge on any atom is -0.378 e. The summed E-state index contributed by atoms with van der Waals surface area (Å²) in [4.78, 5) is 32.9. The van der Waals surface area contributed by atoms with Crippen LogP contribution >= 0.6 is 11.3 Å². The summed E-state index contributed by atoms with van der Waals surface area (Å²) >= 11 is 1.42. The Hall–Kier alpha value is -2.26. The average molecular weight is 389 g/mol. The van der Waals surface area contributed by atoms with Crippen LogP contribution in [0.4, 0.5) is 0 Å². The third-order valence-electron chi connectivity index (χ3n) is 5.20. The highest BCUT2D eigenvalue weighted by Gasteiger charge is 2.28. The average Bonchev–Trinajstić information content (AvgIpc) is 3.34. The third kappa shape index (κ3) is 3.74. The van der Waals surface area contributed by atoms with Crippen molar-refractivity contribution in [3.05, 3.63) is 33.5 Å². The SMILES string of the molecule is Cn1nc(CCC(=O)N2CCOCC2)c2c1CCN(C(=O)c1cscn1)C2. The fraction of sp³-hybridized carbons (Fsp3) is 0.556. The molecule has 0 unspecified atom stereocenters. The quantitative estimate of drug-likeness (QED) is 0.775. The molecule has 0 atom stereocenters. The van der Waals surface area contributed by atoms with E-state index in [0.717, 1.165) is 23.4 Å². The van der Waals surface area contributed by atoms with E-state index in [1.54, 1.807) is 10.9 Å². The molecule has 9 heteroatoms. The maximum Gasteiger partial charge on any atom is 0.273 e. The summed E-state index contributed by atoms with van der Waals surface area (Å²) in [5.74, 6) is 0.102. The first-order chi connectivity index (χ1) is 13.1. The lowest BCUT2D eigenvalue weighted by atomic mass is 10.0. The summed E-state index contributed by atoms with van der Waals surface area (Å²) in [7, 11) is 1.93. The lowest BCUT2D eigenvalue weighted by Crippen LogP contribution is -2.40. The van der Waals surface area contributed by atoms with Gasteiger partial charge in [0.2, 0.25) is 5.91 Å². The number of carbonyl (C=O) groups is 2. The van der Waals surface area contributed by atoms with Crippen molar-refractivity contribution in [2.75, 3.05) is 32.8 Å². The first kappa shape index (κ1) is 18.1. The highest BCUT2D eigenvalue weighted by molar-refractivity contribution is 7.07. The summed E-state index contributed by atoms with van der Waals surface area (Å²) < 4.78 is 7.20. The van der Waals surface area contributed by atoms with Crippen LogP contribution < -0.4 is 0 Å². The molecule has 0 aromatic carbocycles. The number of aromatic nitrogens is 3. The molecule has 8 nitrogen and oxygen atoms in total. The molecule has 0 radical (unpaired) electrons. The van der Waals surface area contributed by atoms with Gasteiger partial charge in [0.15, 0.2) is 0 Å². The Kier molecular flexibility index (Phi) is 5.22. The van der Waals surface area contributed by atoms with Crippen LogP contribution in [-0.2, 0) is 36.0 Å². The van der Waals surface area contributed by atoms with E-state index in [-0.39, 0.29) is 11.8 Å². The number of fused-ring (bicyclic) bond motifs is 1. The summed E-state index contributed by atoms with van der Waals surface area (Å²) in [5.41, 5.74) is 5.34. The topological polar surface area (TPSA) is 80.6 Å². The normalized spacial score (nSPS) is 17.1. The van der Waals surface area contributed by atoms with Gasteiger partial charge in [-0.1, -0.05) is 0 Å². The van der Waals surface area contributed by atoms with Gasteiger partial charge in [0.25, 0.3) is 5.91 Å². The number of hydrogen-bond acceptors (Lipinski definition) is 6. The molecule has 2 aliphatic rings. The van der Waals surface area contributed by atoms with Gasteiger partial charge in [-0.3, -0.25) is 14.3 Å². The fourth-order valence-corrected chi connectivity index (χ4v) is 4.25. The zero-order chi connectivity index (χ0) is 18.8. The largest absolute Gasteiger partial charge is 0.378 e. The highest BCUT2D eigenvalue weighted by atomic mass is 32.1. The number of aryl methyl sites for hydroxylation is 2. The number of ether oxygens (including phenoxy) is 1. The molecule has 4 heterocycles. The molecule has 0 bridgehead atoms. The molecule has 0 saturated carbocycles. The lowest BCUT2D eigenvalue weighted by molar-refractivity contribution is -0.135. The van der Waals surface area contributed by atoms with Crippen molar-refractivity contribution in [1.29, 1.82) is 0 Å². The van der Waals surface area contributed by atoms with E-state index in [2.05, 4.69) is 10.1 Å². The van der Waals surface area contributed by atoms with Gasteiger partial charge in [-0.15, -0.1) is 11.3 Å². The van der Waals surface area contributed by atoms with Crippen LogP contribution in [0.15, 0.2) is 10.9 Å². The number of hydrogen-bond donors (Lipinski definition) is 0. The molecule has 0 spiro atoms. The molecule has 0 N–H and O–H groups in total. The Labute approximate surface area is 161 Å². The number of amides is 2. The number of morpholine rings is 1. The zero-order valence-corrected chi connectivity index (χ0v) is 16.2. The molecule has 4 rings (SSSR count). The van der Waals surface area contributed by atoms with Gasteiger partial charge in [-0.25, -0.2) is 4.98 Å². The van der Waals surface area contributed by atoms with Crippen LogP contribution in [0, 0.1) is 0 Å². The maximum atomic E-state index is 12.6. The molecular weight excluding hydrogens is 366 g/mol. The van der Waals surface area contributed by atoms with Crippen LogP contribution in [0.3, 0.4) is 0 Å². The van der Waals surface area contributed by atoms with E-state index in [0.29, 0.717) is 57.9 Å². The Bertz CT molecular complexity index is 826. The third-order valence-corrected chi connectivity index (χ3v) is 5.79. The Morgan fingerprint density at radius 1 is 1.22 bits per heavy atom. The number of thiazole rings is 1. The second-order valence-electron chi connectivity index (χ2n) is 6.84. The Balaban J connectivity index is 1.45. The van der Waals surface area contributed by atoms with E-state index in [1.165, 1.54) is 11.3 Å². The van der Waals surface area contributed by atoms with Crippen LogP contribution in [-0.4, -0.2) is 69.2 Å². The molecule has 2 aromatic heterocycles. The smallest absolute Gasteiger partial charge is 0.273 e. The molecule has 1 saturated heterocycles. The van der Waals surface area contributed by atoms with Gasteiger partial charge in [0.1, 0.15) is 5.69 Å². The summed E-state index contributed by atoms with van der Waals surface area (Å²) in [5, 5.41) is 6.42. The van der Waals surface area contributed by atoms with Gasteiger partial charge >= 0.3 is 0 Å². The lowest BCUT2D eigenvalue weighted by Gasteiger charge is -2.28. The predicted octanol–water partition coefficient (Wildman–Crippen LogP) is 0.867. The van der Waals surface area contributed by atoms with Crippen LogP contribution in [0.1, 0.15) is 33.9 Å². The van der Waals surface area contributed by atoms with E-state index in [1.807, 2.05) is 21.5 Å². The standard InChI is InChI=1S/C18H23N5O3S/c1-21-16-4-5-23(18(25)15-11-27-12-19-15)10-13(16)14(20-21)2-3-17(24)22-6-8-26-9-7-22/h11-12H,2-10H2,1H3. The van der Waals surface area contributed by atoms with Gasteiger partial charge in [-0.2, -0.15) is 5.10 Å². The van der Waals surface area contributed by atoms with E-state index in [4.69, 9.17) is 4.74 Å². The van der Waals surface area contributed by atoms with E-state index >= 15 is 0 Å². The molecule has 2 aliphatic heterocycles. The molecule has 1 fully saturated rings. The van der Waals surface area contributed by atoms with E-state index in [9.17, 15) is 9.59 Å². The van der Waals surface area contributed by atoms with Gasteiger partial charge < -0.3 is 14.5 Å². The van der Waals surface area contributed by atoms with Crippen LogP contribution in [0.2, 0.25) is 0 Å². The maximum absolute atomic E-state index is 12.6. The highest BCUT2D eigenvalue weighted by Crippen LogP contribution is 2.24.